The predicted octanol–water partition coefficient (Wildman–Crippen LogP) is 15.0. The number of rotatable bonds is 6. The molecule has 0 N–H and O–H groups in total. The molecule has 0 saturated heterocycles. The lowest BCUT2D eigenvalue weighted by molar-refractivity contribution is 1.07. The first-order valence-corrected chi connectivity index (χ1v) is 21.7. The van der Waals surface area contributed by atoms with Gasteiger partial charge in [0.25, 0.3) is 0 Å². The number of fused-ring (bicyclic) bond motifs is 8. The fourth-order valence-corrected chi connectivity index (χ4v) is 9.91. The summed E-state index contributed by atoms with van der Waals surface area (Å²) in [6.07, 6.45) is 0. The number of nitrogens with zero attached hydrogens (tertiary/aromatic N) is 5. The van der Waals surface area contributed by atoms with E-state index in [0.717, 1.165) is 77.1 Å². The van der Waals surface area contributed by atoms with Crippen LogP contribution in [0.2, 0.25) is 0 Å². The average Bonchev–Trinajstić information content (AvgIpc) is 3.90. The summed E-state index contributed by atoms with van der Waals surface area (Å²) in [5, 5.41) is 9.20. The molecule has 10 aromatic carbocycles. The van der Waals surface area contributed by atoms with Gasteiger partial charge in [-0.3, -0.25) is 0 Å². The molecule has 0 bridgehead atoms. The van der Waals surface area contributed by atoms with Crippen LogP contribution in [0.15, 0.2) is 224 Å². The number of benzene rings is 10. The molecule has 0 saturated carbocycles. The van der Waals surface area contributed by atoms with Crippen molar-refractivity contribution in [2.24, 2.45) is 0 Å². The quantitative estimate of drug-likeness (QED) is 0.168. The predicted molar refractivity (Wildman–Crippen MR) is 265 cm³/mol. The smallest absolute Gasteiger partial charge is 0.166 e. The van der Waals surface area contributed by atoms with Gasteiger partial charge in [-0.2, -0.15) is 0 Å². The van der Waals surface area contributed by atoms with Crippen molar-refractivity contribution in [3.8, 4) is 56.7 Å². The van der Waals surface area contributed by atoms with E-state index in [4.69, 9.17) is 15.0 Å². The minimum absolute atomic E-state index is 0.606. The van der Waals surface area contributed by atoms with Gasteiger partial charge in [-0.25, -0.2) is 15.0 Å². The van der Waals surface area contributed by atoms with E-state index in [2.05, 4.69) is 234 Å². The molecule has 5 heteroatoms. The second-order valence-electron chi connectivity index (χ2n) is 16.4. The zero-order valence-corrected chi connectivity index (χ0v) is 34.6. The third-order valence-electron chi connectivity index (χ3n) is 12.8. The maximum absolute atomic E-state index is 5.49. The lowest BCUT2D eigenvalue weighted by Crippen LogP contribution is -2.04. The van der Waals surface area contributed by atoms with Crippen molar-refractivity contribution >= 4 is 65.2 Å². The van der Waals surface area contributed by atoms with Crippen LogP contribution < -0.4 is 0 Å². The summed E-state index contributed by atoms with van der Waals surface area (Å²) in [6.45, 7) is 0. The maximum atomic E-state index is 5.49. The Kier molecular flexibility index (Phi) is 8.15. The van der Waals surface area contributed by atoms with Crippen molar-refractivity contribution in [1.82, 2.24) is 24.1 Å². The van der Waals surface area contributed by atoms with Crippen molar-refractivity contribution in [3.63, 3.8) is 0 Å². The Morgan fingerprint density at radius 1 is 0.281 bits per heavy atom. The number of para-hydroxylation sites is 5. The molecule has 0 aliphatic rings. The normalized spacial score (nSPS) is 11.8. The Labute approximate surface area is 368 Å². The molecule has 5 nitrogen and oxygen atoms in total. The van der Waals surface area contributed by atoms with Crippen LogP contribution >= 0.6 is 0 Å². The van der Waals surface area contributed by atoms with E-state index in [0.29, 0.717) is 17.5 Å². The van der Waals surface area contributed by atoms with Gasteiger partial charge in [0.1, 0.15) is 0 Å². The summed E-state index contributed by atoms with van der Waals surface area (Å²) in [5.74, 6) is 1.85. The standard InChI is InChI=1S/C59H37N5/c1-3-18-39(19-4-1)43-35-36-50(45-24-10-9-23-44(43)45)58-60-57(41-34-33-38-17-7-8-20-40(38)37-41)61-59(62-58)51-29-15-27-48-46-25-12-14-31-53(46)64(55(48)51)54-32-16-28-49-47-26-11-13-30-52(47)63(56(49)54)42-21-5-2-6-22-42/h1-37H. The van der Waals surface area contributed by atoms with Crippen molar-refractivity contribution in [3.05, 3.63) is 224 Å². The highest BCUT2D eigenvalue weighted by atomic mass is 15.1. The third kappa shape index (κ3) is 5.61. The molecule has 0 amide bonds. The minimum Gasteiger partial charge on any atom is -0.307 e. The molecule has 0 aliphatic carbocycles. The highest BCUT2D eigenvalue weighted by molar-refractivity contribution is 6.17. The molecular formula is C59H37N5. The third-order valence-corrected chi connectivity index (χ3v) is 12.8. The Balaban J connectivity index is 1.12. The van der Waals surface area contributed by atoms with E-state index in [1.807, 2.05) is 0 Å². The second-order valence-corrected chi connectivity index (χ2v) is 16.4. The van der Waals surface area contributed by atoms with E-state index in [1.165, 1.54) is 27.3 Å². The fourth-order valence-electron chi connectivity index (χ4n) is 9.91. The van der Waals surface area contributed by atoms with Gasteiger partial charge in [0, 0.05) is 43.9 Å². The first-order chi connectivity index (χ1) is 31.8. The summed E-state index contributed by atoms with van der Waals surface area (Å²) in [6, 6.07) is 79.8. The highest BCUT2D eigenvalue weighted by Crippen LogP contribution is 2.43. The molecule has 13 aromatic rings. The molecular weight excluding hydrogens is 779 g/mol. The zero-order chi connectivity index (χ0) is 42.1. The monoisotopic (exact) mass is 815 g/mol. The summed E-state index contributed by atoms with van der Waals surface area (Å²) in [4.78, 5) is 16.3. The lowest BCUT2D eigenvalue weighted by Gasteiger charge is -2.16. The molecule has 298 valence electrons. The molecule has 13 rings (SSSR count). The van der Waals surface area contributed by atoms with E-state index < -0.39 is 0 Å². The minimum atomic E-state index is 0.606. The molecule has 64 heavy (non-hydrogen) atoms. The molecule has 3 heterocycles. The van der Waals surface area contributed by atoms with E-state index >= 15 is 0 Å². The van der Waals surface area contributed by atoms with Gasteiger partial charge >= 0.3 is 0 Å². The summed E-state index contributed by atoms with van der Waals surface area (Å²) in [5.41, 5.74) is 11.7. The Bertz CT molecular complexity index is 3960. The van der Waals surface area contributed by atoms with Gasteiger partial charge in [0.15, 0.2) is 17.5 Å². The van der Waals surface area contributed by atoms with E-state index in [1.54, 1.807) is 0 Å². The number of hydrogen-bond acceptors (Lipinski definition) is 3. The summed E-state index contributed by atoms with van der Waals surface area (Å²) in [7, 11) is 0. The van der Waals surface area contributed by atoms with Gasteiger partial charge in [0.2, 0.25) is 0 Å². The Morgan fingerprint density at radius 2 is 0.812 bits per heavy atom. The van der Waals surface area contributed by atoms with Crippen LogP contribution in [0.3, 0.4) is 0 Å². The van der Waals surface area contributed by atoms with Gasteiger partial charge in [-0.1, -0.05) is 176 Å². The van der Waals surface area contributed by atoms with Gasteiger partial charge in [0.05, 0.1) is 27.8 Å². The molecule has 0 spiro atoms. The van der Waals surface area contributed by atoms with Crippen LogP contribution in [0.1, 0.15) is 0 Å². The molecule has 0 fully saturated rings. The van der Waals surface area contributed by atoms with Gasteiger partial charge in [-0.15, -0.1) is 0 Å². The molecule has 3 aromatic heterocycles. The first kappa shape index (κ1) is 36.0. The molecule has 0 aliphatic heterocycles. The topological polar surface area (TPSA) is 48.5 Å². The van der Waals surface area contributed by atoms with Gasteiger partial charge in [-0.05, 0) is 81.2 Å². The Hall–Kier alpha value is -8.67. The van der Waals surface area contributed by atoms with Crippen molar-refractivity contribution in [1.29, 1.82) is 0 Å². The first-order valence-electron chi connectivity index (χ1n) is 21.7. The van der Waals surface area contributed by atoms with Crippen LogP contribution in [0.5, 0.6) is 0 Å². The maximum Gasteiger partial charge on any atom is 0.166 e. The number of aromatic nitrogens is 5. The lowest BCUT2D eigenvalue weighted by atomic mass is 9.94. The van der Waals surface area contributed by atoms with E-state index in [9.17, 15) is 0 Å². The molecule has 0 atom stereocenters. The Morgan fingerprint density at radius 3 is 1.56 bits per heavy atom. The van der Waals surface area contributed by atoms with Crippen LogP contribution in [-0.4, -0.2) is 24.1 Å². The molecule has 0 unspecified atom stereocenters. The van der Waals surface area contributed by atoms with Crippen LogP contribution in [-0.2, 0) is 0 Å². The highest BCUT2D eigenvalue weighted by Gasteiger charge is 2.24. The summed E-state index contributed by atoms with van der Waals surface area (Å²) >= 11 is 0. The largest absolute Gasteiger partial charge is 0.307 e. The van der Waals surface area contributed by atoms with Crippen molar-refractivity contribution < 1.29 is 0 Å². The van der Waals surface area contributed by atoms with Crippen LogP contribution in [0.4, 0.5) is 0 Å². The van der Waals surface area contributed by atoms with Gasteiger partial charge < -0.3 is 9.13 Å². The van der Waals surface area contributed by atoms with Crippen molar-refractivity contribution in [2.75, 3.05) is 0 Å². The number of hydrogen-bond donors (Lipinski definition) is 0. The average molecular weight is 816 g/mol. The summed E-state index contributed by atoms with van der Waals surface area (Å²) < 4.78 is 4.84. The zero-order valence-electron chi connectivity index (χ0n) is 34.6. The second kappa shape index (κ2) is 14.5. The SMILES string of the molecule is c1ccc(-c2ccc(-c3nc(-c4ccc5ccccc5c4)nc(-c4cccc5c6ccccc6n(-c6cccc7c8ccccc8n(-c8ccccc8)c67)c45)n3)c3ccccc23)cc1. The van der Waals surface area contributed by atoms with Crippen molar-refractivity contribution in [2.45, 2.75) is 0 Å². The van der Waals surface area contributed by atoms with E-state index in [-0.39, 0.29) is 0 Å². The van der Waals surface area contributed by atoms with Crippen LogP contribution in [0.25, 0.3) is 122 Å². The van der Waals surface area contributed by atoms with Crippen LogP contribution in [0, 0.1) is 0 Å². The fraction of sp³-hybridized carbons (Fsp3) is 0. The molecule has 0 radical (unpaired) electrons.